The highest BCUT2D eigenvalue weighted by atomic mass is 16.5. The molecule has 3 rings (SSSR count). The molecule has 0 N–H and O–H groups in total. The normalized spacial score (nSPS) is 26.8. The second-order valence-corrected chi connectivity index (χ2v) is 5.68. The van der Waals surface area contributed by atoms with Crippen molar-refractivity contribution in [2.75, 3.05) is 0 Å². The standard InChI is InChI=1S/C17H20O2/c1-2-12-17(13-8-4-3-5-9-13)14-10-6-7-11-15(14)19-16(17)18/h2,6-7,10-11,13H,1,3-5,8-9,12H2. The van der Waals surface area contributed by atoms with Crippen LogP contribution in [0.3, 0.4) is 0 Å². The Hall–Kier alpha value is -1.57. The van der Waals surface area contributed by atoms with E-state index >= 15 is 0 Å². The molecule has 1 aliphatic carbocycles. The van der Waals surface area contributed by atoms with E-state index in [4.69, 9.17) is 4.74 Å². The van der Waals surface area contributed by atoms with Gasteiger partial charge in [0.25, 0.3) is 0 Å². The first kappa shape index (κ1) is 12.5. The molecule has 0 amide bonds. The molecule has 0 radical (unpaired) electrons. The Balaban J connectivity index is 2.09. The number of allylic oxidation sites excluding steroid dienone is 1. The second-order valence-electron chi connectivity index (χ2n) is 5.68. The topological polar surface area (TPSA) is 26.3 Å². The van der Waals surface area contributed by atoms with Crippen molar-refractivity contribution in [2.24, 2.45) is 5.92 Å². The maximum absolute atomic E-state index is 12.6. The number of ether oxygens (including phenoxy) is 1. The quantitative estimate of drug-likeness (QED) is 0.464. The molecule has 1 aliphatic heterocycles. The van der Waals surface area contributed by atoms with Crippen LogP contribution in [0.5, 0.6) is 5.75 Å². The first-order valence-electron chi connectivity index (χ1n) is 7.21. The van der Waals surface area contributed by atoms with Gasteiger partial charge in [0, 0.05) is 5.56 Å². The molecule has 1 fully saturated rings. The first-order valence-corrected chi connectivity index (χ1v) is 7.21. The minimum Gasteiger partial charge on any atom is -0.426 e. The molecule has 0 aromatic heterocycles. The molecule has 1 saturated carbocycles. The highest BCUT2D eigenvalue weighted by molar-refractivity contribution is 5.91. The Morgan fingerprint density at radius 1 is 1.26 bits per heavy atom. The number of rotatable bonds is 3. The minimum atomic E-state index is -0.473. The van der Waals surface area contributed by atoms with E-state index in [9.17, 15) is 4.79 Å². The van der Waals surface area contributed by atoms with Crippen LogP contribution >= 0.6 is 0 Å². The van der Waals surface area contributed by atoms with Gasteiger partial charge >= 0.3 is 5.97 Å². The van der Waals surface area contributed by atoms with Crippen LogP contribution in [0.1, 0.15) is 44.1 Å². The molecule has 2 aliphatic rings. The number of fused-ring (bicyclic) bond motifs is 1. The number of benzene rings is 1. The van der Waals surface area contributed by atoms with Crippen molar-refractivity contribution in [2.45, 2.75) is 43.9 Å². The van der Waals surface area contributed by atoms with Gasteiger partial charge in [0.15, 0.2) is 0 Å². The summed E-state index contributed by atoms with van der Waals surface area (Å²) in [6, 6.07) is 7.89. The molecule has 0 saturated heterocycles. The Morgan fingerprint density at radius 3 is 2.74 bits per heavy atom. The van der Waals surface area contributed by atoms with Crippen molar-refractivity contribution >= 4 is 5.97 Å². The summed E-state index contributed by atoms with van der Waals surface area (Å²) in [6.07, 6.45) is 8.54. The lowest BCUT2D eigenvalue weighted by atomic mass is 9.64. The van der Waals surface area contributed by atoms with Crippen LogP contribution in [0.4, 0.5) is 0 Å². The maximum Gasteiger partial charge on any atom is 0.322 e. The van der Waals surface area contributed by atoms with Crippen LogP contribution in [0.25, 0.3) is 0 Å². The zero-order chi connectivity index (χ0) is 13.3. The van der Waals surface area contributed by atoms with Crippen LogP contribution in [-0.2, 0) is 10.2 Å². The van der Waals surface area contributed by atoms with Gasteiger partial charge in [-0.15, -0.1) is 6.58 Å². The molecule has 1 aromatic rings. The molecule has 100 valence electrons. The summed E-state index contributed by atoms with van der Waals surface area (Å²) in [7, 11) is 0. The van der Waals surface area contributed by atoms with Crippen LogP contribution < -0.4 is 4.74 Å². The highest BCUT2D eigenvalue weighted by Gasteiger charge is 2.53. The van der Waals surface area contributed by atoms with Gasteiger partial charge in [-0.25, -0.2) is 0 Å². The number of esters is 1. The predicted molar refractivity (Wildman–Crippen MR) is 75.1 cm³/mol. The van der Waals surface area contributed by atoms with E-state index in [1.807, 2.05) is 24.3 Å². The minimum absolute atomic E-state index is 0.0690. The lowest BCUT2D eigenvalue weighted by Gasteiger charge is -2.36. The number of hydrogen-bond donors (Lipinski definition) is 0. The van der Waals surface area contributed by atoms with E-state index in [-0.39, 0.29) is 5.97 Å². The summed E-state index contributed by atoms with van der Waals surface area (Å²) in [6.45, 7) is 3.86. The Labute approximate surface area is 114 Å². The molecule has 1 aromatic carbocycles. The van der Waals surface area contributed by atoms with Gasteiger partial charge in [0.2, 0.25) is 0 Å². The highest BCUT2D eigenvalue weighted by Crippen LogP contribution is 2.51. The smallest absolute Gasteiger partial charge is 0.322 e. The van der Waals surface area contributed by atoms with Crippen molar-refractivity contribution in [3.63, 3.8) is 0 Å². The van der Waals surface area contributed by atoms with Gasteiger partial charge in [0.1, 0.15) is 11.2 Å². The van der Waals surface area contributed by atoms with Crippen LogP contribution in [0.15, 0.2) is 36.9 Å². The van der Waals surface area contributed by atoms with Crippen LogP contribution in [0, 0.1) is 5.92 Å². The maximum atomic E-state index is 12.6. The van der Waals surface area contributed by atoms with E-state index in [2.05, 4.69) is 12.6 Å². The fraction of sp³-hybridized carbons (Fsp3) is 0.471. The lowest BCUT2D eigenvalue weighted by Crippen LogP contribution is -2.42. The first-order chi connectivity index (χ1) is 9.29. The van der Waals surface area contributed by atoms with Crippen molar-refractivity contribution < 1.29 is 9.53 Å². The fourth-order valence-electron chi connectivity index (χ4n) is 3.79. The molecule has 0 bridgehead atoms. The summed E-state index contributed by atoms with van der Waals surface area (Å²) < 4.78 is 5.54. The number of carbonyl (C=O) groups is 1. The summed E-state index contributed by atoms with van der Waals surface area (Å²) in [5, 5.41) is 0. The van der Waals surface area contributed by atoms with Gasteiger partial charge < -0.3 is 4.74 Å². The molecule has 1 atom stereocenters. The van der Waals surface area contributed by atoms with Crippen molar-refractivity contribution in [3.8, 4) is 5.75 Å². The summed E-state index contributed by atoms with van der Waals surface area (Å²) in [5.74, 6) is 1.08. The zero-order valence-electron chi connectivity index (χ0n) is 11.2. The Kier molecular flexibility index (Phi) is 3.17. The fourth-order valence-corrected chi connectivity index (χ4v) is 3.79. The average Bonchev–Trinajstić information content (AvgIpc) is 2.74. The molecular weight excluding hydrogens is 236 g/mol. The van der Waals surface area contributed by atoms with Gasteiger partial charge in [-0.05, 0) is 31.2 Å². The predicted octanol–water partition coefficient (Wildman–Crippen LogP) is 4.00. The van der Waals surface area contributed by atoms with E-state index in [0.29, 0.717) is 12.3 Å². The van der Waals surface area contributed by atoms with E-state index in [1.54, 1.807) is 0 Å². The molecule has 19 heavy (non-hydrogen) atoms. The third-order valence-electron chi connectivity index (χ3n) is 4.70. The third-order valence-corrected chi connectivity index (χ3v) is 4.70. The molecule has 2 nitrogen and oxygen atoms in total. The largest absolute Gasteiger partial charge is 0.426 e. The van der Waals surface area contributed by atoms with Crippen LogP contribution in [0.2, 0.25) is 0 Å². The van der Waals surface area contributed by atoms with Gasteiger partial charge in [0.05, 0.1) is 0 Å². The van der Waals surface area contributed by atoms with Crippen LogP contribution in [-0.4, -0.2) is 5.97 Å². The SMILES string of the molecule is C=CCC1(C2CCCCC2)C(=O)Oc2ccccc21. The lowest BCUT2D eigenvalue weighted by molar-refractivity contribution is -0.140. The zero-order valence-corrected chi connectivity index (χ0v) is 11.2. The van der Waals surface area contributed by atoms with E-state index in [0.717, 1.165) is 24.2 Å². The molecule has 1 unspecified atom stereocenters. The summed E-state index contributed by atoms with van der Waals surface area (Å²) in [4.78, 5) is 12.6. The second kappa shape index (κ2) is 4.84. The van der Waals surface area contributed by atoms with Gasteiger partial charge in [-0.2, -0.15) is 0 Å². The molecular formula is C17H20O2. The number of hydrogen-bond acceptors (Lipinski definition) is 2. The summed E-state index contributed by atoms with van der Waals surface area (Å²) in [5.41, 5.74) is 0.602. The molecule has 0 spiro atoms. The Bertz CT molecular complexity index is 500. The number of para-hydroxylation sites is 1. The van der Waals surface area contributed by atoms with Gasteiger partial charge in [-0.3, -0.25) is 4.79 Å². The monoisotopic (exact) mass is 256 g/mol. The van der Waals surface area contributed by atoms with E-state index in [1.165, 1.54) is 19.3 Å². The molecule has 1 heterocycles. The van der Waals surface area contributed by atoms with E-state index < -0.39 is 5.41 Å². The molecule has 2 heteroatoms. The average molecular weight is 256 g/mol. The summed E-state index contributed by atoms with van der Waals surface area (Å²) >= 11 is 0. The van der Waals surface area contributed by atoms with Crippen molar-refractivity contribution in [1.29, 1.82) is 0 Å². The van der Waals surface area contributed by atoms with Gasteiger partial charge in [-0.1, -0.05) is 43.5 Å². The number of carbonyl (C=O) groups excluding carboxylic acids is 1. The van der Waals surface area contributed by atoms with Crippen molar-refractivity contribution in [3.05, 3.63) is 42.5 Å². The Morgan fingerprint density at radius 2 is 2.00 bits per heavy atom. The third kappa shape index (κ3) is 1.81. The van der Waals surface area contributed by atoms with Crippen molar-refractivity contribution in [1.82, 2.24) is 0 Å².